The molecule has 2 aliphatic heterocycles. The molecule has 3 atom stereocenters. The number of hydrogen-bond donors (Lipinski definition) is 2. The number of carboxylic acids is 1. The van der Waals surface area contributed by atoms with Gasteiger partial charge in [-0.2, -0.15) is 4.31 Å². The Labute approximate surface area is 225 Å². The summed E-state index contributed by atoms with van der Waals surface area (Å²) in [5, 5.41) is 19.3. The quantitative estimate of drug-likeness (QED) is 0.426. The fourth-order valence-corrected chi connectivity index (χ4v) is 6.83. The molecule has 2 aliphatic rings. The lowest BCUT2D eigenvalue weighted by atomic mass is 10.00. The Bertz CT molecular complexity index is 1330. The molecule has 0 aliphatic carbocycles. The molecule has 2 heterocycles. The highest BCUT2D eigenvalue weighted by atomic mass is 35.5. The van der Waals surface area contributed by atoms with Gasteiger partial charge in [-0.3, -0.25) is 14.4 Å². The maximum atomic E-state index is 13.9. The predicted octanol–water partition coefficient (Wildman–Crippen LogP) is 2.65. The molecule has 38 heavy (non-hydrogen) atoms. The third-order valence-corrected chi connectivity index (χ3v) is 8.91. The van der Waals surface area contributed by atoms with Crippen LogP contribution in [-0.2, 0) is 30.8 Å². The summed E-state index contributed by atoms with van der Waals surface area (Å²) in [4.78, 5) is 41.4. The van der Waals surface area contributed by atoms with E-state index in [0.29, 0.717) is 5.02 Å². The van der Waals surface area contributed by atoms with E-state index < -0.39 is 46.6 Å². The number of amides is 2. The van der Waals surface area contributed by atoms with Gasteiger partial charge in [0.2, 0.25) is 21.8 Å². The number of aliphatic hydroxyl groups excluding tert-OH is 1. The highest BCUT2D eigenvalue weighted by molar-refractivity contribution is 7.89. The molecule has 2 saturated heterocycles. The van der Waals surface area contributed by atoms with E-state index in [4.69, 9.17) is 11.6 Å². The summed E-state index contributed by atoms with van der Waals surface area (Å²) in [6.45, 7) is 3.40. The molecule has 2 amide bonds. The van der Waals surface area contributed by atoms with Crippen LogP contribution in [0.25, 0.3) is 0 Å². The van der Waals surface area contributed by atoms with Crippen LogP contribution in [0.3, 0.4) is 0 Å². The van der Waals surface area contributed by atoms with Crippen molar-refractivity contribution < 1.29 is 33.0 Å². The molecule has 0 unspecified atom stereocenters. The Balaban J connectivity index is 1.80. The molecule has 202 valence electrons. The van der Waals surface area contributed by atoms with Crippen LogP contribution >= 0.6 is 11.6 Å². The number of nitrogens with zero attached hydrogens (tertiary/aromatic N) is 3. The van der Waals surface area contributed by atoms with E-state index in [-0.39, 0.29) is 48.9 Å². The standard InChI is InChI=1S/C26H28ClN3O7S/c1-17(31)13-14-28-16-23-29(22(25(28)34)15-18-5-3-2-4-6-18)26(35)21(11-12-24(32)33)30(23)38(36,37)20-9-7-19(27)8-10-20/h2-10,21-23,31H,1,11-16H2,(H,32,33)/t21-,22-,23-/m0/s1. The first-order chi connectivity index (χ1) is 18.0. The fraction of sp³-hybridized carbons (Fsp3) is 0.346. The van der Waals surface area contributed by atoms with Crippen LogP contribution in [-0.4, -0.2) is 81.9 Å². The largest absolute Gasteiger partial charge is 0.513 e. The number of piperazine rings is 1. The summed E-state index contributed by atoms with van der Waals surface area (Å²) in [5.74, 6) is -2.31. The van der Waals surface area contributed by atoms with E-state index in [1.165, 1.54) is 34.1 Å². The molecule has 0 bridgehead atoms. The Morgan fingerprint density at radius 3 is 2.24 bits per heavy atom. The van der Waals surface area contributed by atoms with Gasteiger partial charge >= 0.3 is 5.97 Å². The van der Waals surface area contributed by atoms with Gasteiger partial charge in [0.25, 0.3) is 0 Å². The molecule has 0 radical (unpaired) electrons. The summed E-state index contributed by atoms with van der Waals surface area (Å²) in [5.41, 5.74) is 0.770. The molecule has 10 nitrogen and oxygen atoms in total. The van der Waals surface area contributed by atoms with Gasteiger partial charge in [0.1, 0.15) is 18.2 Å². The number of fused-ring (bicyclic) bond motifs is 1. The SMILES string of the molecule is C=C(O)CCN1C[C@H]2N(C(=O)[C@H](CCC(=O)O)N2S(=O)(=O)c2ccc(Cl)cc2)[C@@H](Cc2ccccc2)C1=O. The number of rotatable bonds is 10. The minimum Gasteiger partial charge on any atom is -0.513 e. The molecule has 2 fully saturated rings. The van der Waals surface area contributed by atoms with Gasteiger partial charge in [0.05, 0.1) is 17.2 Å². The average Bonchev–Trinajstić information content (AvgIpc) is 3.15. The van der Waals surface area contributed by atoms with Crippen molar-refractivity contribution in [3.05, 3.63) is 77.5 Å². The monoisotopic (exact) mass is 561 g/mol. The van der Waals surface area contributed by atoms with E-state index in [0.717, 1.165) is 9.87 Å². The second-order valence-corrected chi connectivity index (χ2v) is 11.5. The number of carbonyl (C=O) groups is 3. The molecular weight excluding hydrogens is 534 g/mol. The van der Waals surface area contributed by atoms with E-state index >= 15 is 0 Å². The lowest BCUT2D eigenvalue weighted by Crippen LogP contribution is -2.64. The van der Waals surface area contributed by atoms with Crippen molar-refractivity contribution in [2.24, 2.45) is 0 Å². The van der Waals surface area contributed by atoms with Crippen LogP contribution in [0, 0.1) is 0 Å². The number of carboxylic acid groups (broad SMARTS) is 1. The highest BCUT2D eigenvalue weighted by Crippen LogP contribution is 2.37. The van der Waals surface area contributed by atoms with Crippen LogP contribution < -0.4 is 0 Å². The first-order valence-corrected chi connectivity index (χ1v) is 13.8. The molecule has 2 N–H and O–H groups in total. The molecular formula is C26H28ClN3O7S. The Morgan fingerprint density at radius 1 is 0.974 bits per heavy atom. The van der Waals surface area contributed by atoms with Crippen molar-refractivity contribution in [3.63, 3.8) is 0 Å². The first-order valence-electron chi connectivity index (χ1n) is 12.0. The molecule has 0 spiro atoms. The molecule has 4 rings (SSSR count). The van der Waals surface area contributed by atoms with Crippen molar-refractivity contribution in [2.45, 2.75) is 48.8 Å². The average molecular weight is 562 g/mol. The molecule has 2 aromatic rings. The number of carbonyl (C=O) groups excluding carboxylic acids is 2. The maximum Gasteiger partial charge on any atom is 0.303 e. The summed E-state index contributed by atoms with van der Waals surface area (Å²) in [7, 11) is -4.31. The van der Waals surface area contributed by atoms with Crippen LogP contribution in [0.15, 0.2) is 71.8 Å². The van der Waals surface area contributed by atoms with Crippen molar-refractivity contribution in [1.29, 1.82) is 0 Å². The van der Waals surface area contributed by atoms with Gasteiger partial charge in [0, 0.05) is 30.8 Å². The third kappa shape index (κ3) is 5.54. The first kappa shape index (κ1) is 27.6. The molecule has 2 aromatic carbocycles. The van der Waals surface area contributed by atoms with Crippen LogP contribution in [0.2, 0.25) is 5.02 Å². The normalized spacial score (nSPS) is 22.0. The molecule has 0 aromatic heterocycles. The summed E-state index contributed by atoms with van der Waals surface area (Å²) in [6, 6.07) is 12.2. The Kier molecular flexibility index (Phi) is 8.10. The second-order valence-electron chi connectivity index (χ2n) is 9.27. The number of halogens is 1. The van der Waals surface area contributed by atoms with E-state index in [1.807, 2.05) is 18.2 Å². The summed E-state index contributed by atoms with van der Waals surface area (Å²) < 4.78 is 28.9. The zero-order valence-electron chi connectivity index (χ0n) is 20.4. The van der Waals surface area contributed by atoms with Crippen LogP contribution in [0.5, 0.6) is 0 Å². The van der Waals surface area contributed by atoms with Gasteiger partial charge in [-0.05, 0) is 36.2 Å². The Hall–Kier alpha value is -3.41. The number of benzene rings is 2. The van der Waals surface area contributed by atoms with Crippen molar-refractivity contribution in [1.82, 2.24) is 14.1 Å². The zero-order valence-corrected chi connectivity index (χ0v) is 22.0. The maximum absolute atomic E-state index is 13.9. The van der Waals surface area contributed by atoms with Gasteiger partial charge in [-0.1, -0.05) is 48.5 Å². The third-order valence-electron chi connectivity index (χ3n) is 6.74. The number of aliphatic hydroxyl groups is 1. The number of sulfonamides is 1. The lowest BCUT2D eigenvalue weighted by Gasteiger charge is -2.44. The topological polar surface area (TPSA) is 136 Å². The summed E-state index contributed by atoms with van der Waals surface area (Å²) in [6.07, 6.45) is -1.54. The molecule has 0 saturated carbocycles. The predicted molar refractivity (Wildman–Crippen MR) is 139 cm³/mol. The van der Waals surface area contributed by atoms with Crippen molar-refractivity contribution in [2.75, 3.05) is 13.1 Å². The van der Waals surface area contributed by atoms with Gasteiger partial charge in [-0.15, -0.1) is 0 Å². The van der Waals surface area contributed by atoms with E-state index in [2.05, 4.69) is 6.58 Å². The van der Waals surface area contributed by atoms with Crippen molar-refractivity contribution >= 4 is 39.4 Å². The number of hydrogen-bond acceptors (Lipinski definition) is 6. The van der Waals surface area contributed by atoms with Gasteiger partial charge in [0.15, 0.2) is 0 Å². The van der Waals surface area contributed by atoms with Crippen LogP contribution in [0.1, 0.15) is 24.8 Å². The Morgan fingerprint density at radius 2 is 1.63 bits per heavy atom. The smallest absolute Gasteiger partial charge is 0.303 e. The highest BCUT2D eigenvalue weighted by Gasteiger charge is 2.58. The second kappa shape index (κ2) is 11.1. The van der Waals surface area contributed by atoms with Gasteiger partial charge < -0.3 is 20.0 Å². The number of aliphatic carboxylic acids is 1. The van der Waals surface area contributed by atoms with E-state index in [9.17, 15) is 33.0 Å². The van der Waals surface area contributed by atoms with Gasteiger partial charge in [-0.25, -0.2) is 8.42 Å². The molecule has 12 heteroatoms. The van der Waals surface area contributed by atoms with Crippen molar-refractivity contribution in [3.8, 4) is 0 Å². The lowest BCUT2D eigenvalue weighted by molar-refractivity contribution is -0.152. The summed E-state index contributed by atoms with van der Waals surface area (Å²) >= 11 is 5.95. The fourth-order valence-electron chi connectivity index (χ4n) is 4.96. The van der Waals surface area contributed by atoms with Crippen LogP contribution in [0.4, 0.5) is 0 Å². The minimum absolute atomic E-state index is 0.0760. The van der Waals surface area contributed by atoms with E-state index in [1.54, 1.807) is 12.1 Å². The zero-order chi connectivity index (χ0) is 27.6. The minimum atomic E-state index is -4.31.